The number of nitrogens with one attached hydrogen (secondary N) is 1. The molecule has 0 fully saturated rings. The number of amides is 1. The fourth-order valence-electron chi connectivity index (χ4n) is 2.14. The van der Waals surface area contributed by atoms with Gasteiger partial charge in [0.25, 0.3) is 0 Å². The van der Waals surface area contributed by atoms with Gasteiger partial charge < -0.3 is 4.90 Å². The number of nitrogens with zero attached hydrogens (tertiary/aromatic N) is 1. The summed E-state index contributed by atoms with van der Waals surface area (Å²) in [7, 11) is -1.83. The largest absolute Gasteiger partial charge is 0.341 e. The highest BCUT2D eigenvalue weighted by Crippen LogP contribution is 2.17. The zero-order chi connectivity index (χ0) is 18.3. The number of aryl methyl sites for hydroxylation is 1. The molecule has 0 saturated heterocycles. The van der Waals surface area contributed by atoms with Crippen molar-refractivity contribution in [2.75, 3.05) is 13.6 Å². The smallest absolute Gasteiger partial charge is 0.233 e. The van der Waals surface area contributed by atoms with E-state index in [1.807, 2.05) is 48.7 Å². The molecule has 0 radical (unpaired) electrons. The molecule has 0 bridgehead atoms. The van der Waals surface area contributed by atoms with Crippen LogP contribution < -0.4 is 4.72 Å². The second-order valence-electron chi connectivity index (χ2n) is 5.68. The summed E-state index contributed by atoms with van der Waals surface area (Å²) < 4.78 is 26.3. The standard InChI is InChI=1S/C18H22N2O3S2/c1-15-9-12-24-17(15)14-20(2)18(21)8-11-19-25(22,23)13-10-16-6-4-3-5-7-16/h3-7,9-10,12-13,19H,8,11,14H2,1-2H3/b13-10+. The van der Waals surface area contributed by atoms with Crippen LogP contribution in [0.15, 0.2) is 47.2 Å². The van der Waals surface area contributed by atoms with Gasteiger partial charge >= 0.3 is 0 Å². The predicted octanol–water partition coefficient (Wildman–Crippen LogP) is 3.00. The summed E-state index contributed by atoms with van der Waals surface area (Å²) in [6, 6.07) is 11.2. The highest BCUT2D eigenvalue weighted by molar-refractivity contribution is 7.92. The normalized spacial score (nSPS) is 11.8. The minimum absolute atomic E-state index is 0.0774. The number of sulfonamides is 1. The lowest BCUT2D eigenvalue weighted by Gasteiger charge is -2.17. The van der Waals surface area contributed by atoms with Crippen LogP contribution in [0.5, 0.6) is 0 Å². The van der Waals surface area contributed by atoms with Crippen molar-refractivity contribution >= 4 is 33.3 Å². The first-order chi connectivity index (χ1) is 11.9. The third-order valence-corrected chi connectivity index (χ3v) is 5.76. The van der Waals surface area contributed by atoms with Crippen molar-refractivity contribution in [2.24, 2.45) is 0 Å². The van der Waals surface area contributed by atoms with Gasteiger partial charge in [0.1, 0.15) is 0 Å². The van der Waals surface area contributed by atoms with Gasteiger partial charge in [-0.1, -0.05) is 30.3 Å². The quantitative estimate of drug-likeness (QED) is 0.768. The molecule has 1 N–H and O–H groups in total. The third kappa shape index (κ3) is 6.45. The maximum atomic E-state index is 12.1. The minimum Gasteiger partial charge on any atom is -0.341 e. The summed E-state index contributed by atoms with van der Waals surface area (Å²) in [5.74, 6) is -0.0949. The van der Waals surface area contributed by atoms with Crippen molar-refractivity contribution in [2.45, 2.75) is 19.9 Å². The predicted molar refractivity (Wildman–Crippen MR) is 103 cm³/mol. The molecule has 5 nitrogen and oxygen atoms in total. The van der Waals surface area contributed by atoms with Crippen molar-refractivity contribution in [3.05, 3.63) is 63.2 Å². The molecule has 0 atom stereocenters. The van der Waals surface area contributed by atoms with E-state index in [4.69, 9.17) is 0 Å². The average Bonchev–Trinajstić information content (AvgIpc) is 2.98. The van der Waals surface area contributed by atoms with Gasteiger partial charge in [-0.25, -0.2) is 13.1 Å². The molecule has 0 spiro atoms. The zero-order valence-electron chi connectivity index (χ0n) is 14.3. The van der Waals surface area contributed by atoms with Crippen LogP contribution in [0, 0.1) is 6.92 Å². The number of rotatable bonds is 8. The van der Waals surface area contributed by atoms with E-state index >= 15 is 0 Å². The van der Waals surface area contributed by atoms with Crippen molar-refractivity contribution < 1.29 is 13.2 Å². The number of hydrogen-bond acceptors (Lipinski definition) is 4. The Morgan fingerprint density at radius 3 is 2.60 bits per heavy atom. The van der Waals surface area contributed by atoms with Crippen molar-refractivity contribution in [1.82, 2.24) is 9.62 Å². The summed E-state index contributed by atoms with van der Waals surface area (Å²) in [6.07, 6.45) is 1.65. The molecule has 25 heavy (non-hydrogen) atoms. The van der Waals surface area contributed by atoms with Crippen LogP contribution in [0.4, 0.5) is 0 Å². The molecule has 7 heteroatoms. The summed E-state index contributed by atoms with van der Waals surface area (Å²) in [6.45, 7) is 2.63. The van der Waals surface area contributed by atoms with Gasteiger partial charge in [0.05, 0.1) is 6.54 Å². The van der Waals surface area contributed by atoms with E-state index in [0.29, 0.717) is 6.54 Å². The minimum atomic E-state index is -3.56. The van der Waals surface area contributed by atoms with E-state index in [9.17, 15) is 13.2 Å². The van der Waals surface area contributed by atoms with Gasteiger partial charge in [0.2, 0.25) is 15.9 Å². The highest BCUT2D eigenvalue weighted by atomic mass is 32.2. The Kier molecular flexibility index (Phi) is 6.92. The van der Waals surface area contributed by atoms with Crippen molar-refractivity contribution in [3.63, 3.8) is 0 Å². The number of thiophene rings is 1. The Hall–Kier alpha value is -1.96. The Morgan fingerprint density at radius 2 is 1.96 bits per heavy atom. The lowest BCUT2D eigenvalue weighted by molar-refractivity contribution is -0.130. The maximum Gasteiger partial charge on any atom is 0.233 e. The van der Waals surface area contributed by atoms with Gasteiger partial charge in [-0.05, 0) is 35.6 Å². The summed E-state index contributed by atoms with van der Waals surface area (Å²) in [5, 5.41) is 3.11. The zero-order valence-corrected chi connectivity index (χ0v) is 15.9. The molecule has 1 amide bonds. The Labute approximate surface area is 153 Å². The van der Waals surface area contributed by atoms with Crippen LogP contribution in [0.3, 0.4) is 0 Å². The maximum absolute atomic E-state index is 12.1. The molecule has 0 aliphatic rings. The fraction of sp³-hybridized carbons (Fsp3) is 0.278. The molecule has 0 aliphatic heterocycles. The molecule has 1 aromatic carbocycles. The van der Waals surface area contributed by atoms with E-state index in [-0.39, 0.29) is 18.9 Å². The molecule has 1 aromatic heterocycles. The van der Waals surface area contributed by atoms with Crippen molar-refractivity contribution in [3.8, 4) is 0 Å². The second kappa shape index (κ2) is 8.94. The molecular formula is C18H22N2O3S2. The molecule has 0 aliphatic carbocycles. The third-order valence-electron chi connectivity index (χ3n) is 3.66. The highest BCUT2D eigenvalue weighted by Gasteiger charge is 2.12. The monoisotopic (exact) mass is 378 g/mol. The van der Waals surface area contributed by atoms with Gasteiger partial charge in [-0.3, -0.25) is 4.79 Å². The van der Waals surface area contributed by atoms with Crippen molar-refractivity contribution in [1.29, 1.82) is 0 Å². The summed E-state index contributed by atoms with van der Waals surface area (Å²) in [4.78, 5) is 14.9. The first-order valence-corrected chi connectivity index (χ1v) is 10.3. The topological polar surface area (TPSA) is 66.5 Å². The summed E-state index contributed by atoms with van der Waals surface area (Å²) >= 11 is 1.61. The Balaban J connectivity index is 1.79. The number of benzene rings is 1. The molecule has 1 heterocycles. The summed E-state index contributed by atoms with van der Waals surface area (Å²) in [5.41, 5.74) is 1.96. The number of carbonyl (C=O) groups is 1. The fourth-order valence-corrected chi connectivity index (χ4v) is 3.92. The molecule has 134 valence electrons. The Bertz CT molecular complexity index is 827. The molecule has 0 unspecified atom stereocenters. The average molecular weight is 379 g/mol. The van der Waals surface area contributed by atoms with Gasteiger partial charge in [0, 0.05) is 30.3 Å². The SMILES string of the molecule is Cc1ccsc1CN(C)C(=O)CCNS(=O)(=O)/C=C/c1ccccc1. The van der Waals surface area contributed by atoms with Gasteiger partial charge in [-0.2, -0.15) is 0 Å². The van der Waals surface area contributed by atoms with E-state index in [0.717, 1.165) is 21.4 Å². The molecular weight excluding hydrogens is 356 g/mol. The number of hydrogen-bond donors (Lipinski definition) is 1. The second-order valence-corrected chi connectivity index (χ2v) is 8.33. The van der Waals surface area contributed by atoms with E-state index in [1.54, 1.807) is 23.3 Å². The van der Waals surface area contributed by atoms with Crippen LogP contribution in [-0.2, 0) is 21.4 Å². The van der Waals surface area contributed by atoms with E-state index in [1.165, 1.54) is 6.08 Å². The molecule has 0 saturated carbocycles. The van der Waals surface area contributed by atoms with Crippen LogP contribution >= 0.6 is 11.3 Å². The van der Waals surface area contributed by atoms with Crippen LogP contribution in [-0.4, -0.2) is 32.8 Å². The Morgan fingerprint density at radius 1 is 1.24 bits per heavy atom. The van der Waals surface area contributed by atoms with Crippen LogP contribution in [0.1, 0.15) is 22.4 Å². The lowest BCUT2D eigenvalue weighted by atomic mass is 10.2. The van der Waals surface area contributed by atoms with Gasteiger partial charge in [0.15, 0.2) is 0 Å². The van der Waals surface area contributed by atoms with Gasteiger partial charge in [-0.15, -0.1) is 11.3 Å². The van der Waals surface area contributed by atoms with E-state index < -0.39 is 10.0 Å². The van der Waals surface area contributed by atoms with E-state index in [2.05, 4.69) is 4.72 Å². The first-order valence-electron chi connectivity index (χ1n) is 7.87. The van der Waals surface area contributed by atoms with Crippen LogP contribution in [0.25, 0.3) is 6.08 Å². The lowest BCUT2D eigenvalue weighted by Crippen LogP contribution is -2.31. The molecule has 2 rings (SSSR count). The number of carbonyl (C=O) groups excluding carboxylic acids is 1. The molecule has 2 aromatic rings. The van der Waals surface area contributed by atoms with Crippen LogP contribution in [0.2, 0.25) is 0 Å². The first kappa shape index (κ1) is 19.4.